The highest BCUT2D eigenvalue weighted by atomic mass is 16.5. The van der Waals surface area contributed by atoms with Crippen LogP contribution in [0.1, 0.15) is 12.2 Å². The molecule has 1 aromatic carbocycles. The van der Waals surface area contributed by atoms with E-state index in [0.29, 0.717) is 16.7 Å². The van der Waals surface area contributed by atoms with Gasteiger partial charge < -0.3 is 15.2 Å². The zero-order chi connectivity index (χ0) is 17.7. The van der Waals surface area contributed by atoms with Gasteiger partial charge in [0.1, 0.15) is 5.82 Å². The molecule has 128 valence electrons. The van der Waals surface area contributed by atoms with E-state index in [1.165, 1.54) is 11.7 Å². The number of carbonyl (C=O) groups excluding carboxylic acids is 2. The zero-order valence-corrected chi connectivity index (χ0v) is 13.5. The molecule has 2 N–H and O–H groups in total. The maximum Gasteiger partial charge on any atom is 0.330 e. The van der Waals surface area contributed by atoms with E-state index < -0.39 is 24.5 Å². The van der Waals surface area contributed by atoms with E-state index in [0.717, 1.165) is 0 Å². The fourth-order valence-electron chi connectivity index (χ4n) is 2.30. The molecule has 1 atom stereocenters. The number of methoxy groups -OCH3 is 1. The molecule has 24 heavy (non-hydrogen) atoms. The fraction of sp³-hybridized carbons (Fsp3) is 0.375. The number of fused-ring (bicyclic) bond motifs is 1. The van der Waals surface area contributed by atoms with Gasteiger partial charge >= 0.3 is 5.97 Å². The van der Waals surface area contributed by atoms with Crippen molar-refractivity contribution in [3.8, 4) is 0 Å². The molecule has 2 rings (SSSR count). The number of nitrogens with one attached hydrogen (secondary N) is 1. The van der Waals surface area contributed by atoms with Gasteiger partial charge in [-0.25, -0.2) is 9.78 Å². The van der Waals surface area contributed by atoms with Crippen LogP contribution in [0.5, 0.6) is 0 Å². The third-order valence-corrected chi connectivity index (χ3v) is 3.65. The molecule has 0 bridgehead atoms. The van der Waals surface area contributed by atoms with E-state index in [1.54, 1.807) is 31.3 Å². The van der Waals surface area contributed by atoms with Gasteiger partial charge in [0.25, 0.3) is 5.56 Å². The van der Waals surface area contributed by atoms with Crippen LogP contribution >= 0.6 is 0 Å². The maximum atomic E-state index is 12.3. The van der Waals surface area contributed by atoms with Crippen LogP contribution in [-0.2, 0) is 27.8 Å². The molecule has 1 aromatic heterocycles. The summed E-state index contributed by atoms with van der Waals surface area (Å²) in [4.78, 5) is 39.9. The van der Waals surface area contributed by atoms with Gasteiger partial charge in [-0.3, -0.25) is 14.2 Å². The van der Waals surface area contributed by atoms with Crippen LogP contribution in [0.15, 0.2) is 29.1 Å². The van der Waals surface area contributed by atoms with Gasteiger partial charge in [0.2, 0.25) is 5.91 Å². The molecule has 0 radical (unpaired) electrons. The van der Waals surface area contributed by atoms with Crippen molar-refractivity contribution in [1.82, 2.24) is 14.9 Å². The molecular weight excluding hydrogens is 314 g/mol. The number of ether oxygens (including phenoxy) is 1. The van der Waals surface area contributed by atoms with Crippen molar-refractivity contribution >= 4 is 22.8 Å². The standard InChI is InChI=1S/C16H19N3O5/c1-19-13(17-11-6-4-3-5-10(11)15(19)22)7-8-14(21)18-12(9-20)16(23)24-2/h3-6,12,20H,7-9H2,1-2H3,(H,18,21)/t12-/m1/s1. The number of nitrogens with zero attached hydrogens (tertiary/aromatic N) is 2. The summed E-state index contributed by atoms with van der Waals surface area (Å²) in [6.07, 6.45) is 0.244. The smallest absolute Gasteiger partial charge is 0.330 e. The monoisotopic (exact) mass is 333 g/mol. The van der Waals surface area contributed by atoms with Gasteiger partial charge in [-0.1, -0.05) is 12.1 Å². The molecule has 8 nitrogen and oxygen atoms in total. The molecule has 0 saturated carbocycles. The minimum Gasteiger partial charge on any atom is -0.467 e. The number of aliphatic hydroxyl groups is 1. The van der Waals surface area contributed by atoms with E-state index in [1.807, 2.05) is 0 Å². The van der Waals surface area contributed by atoms with Crippen LogP contribution in [0.4, 0.5) is 0 Å². The fourth-order valence-corrected chi connectivity index (χ4v) is 2.30. The van der Waals surface area contributed by atoms with Crippen molar-refractivity contribution in [3.63, 3.8) is 0 Å². The van der Waals surface area contributed by atoms with Gasteiger partial charge in [-0.2, -0.15) is 0 Å². The van der Waals surface area contributed by atoms with Gasteiger partial charge in [0.15, 0.2) is 6.04 Å². The number of aliphatic hydroxyl groups excluding tert-OH is 1. The number of aryl methyl sites for hydroxylation is 1. The molecule has 1 heterocycles. The highest BCUT2D eigenvalue weighted by Gasteiger charge is 2.20. The number of hydrogen-bond donors (Lipinski definition) is 2. The molecule has 1 amide bonds. The van der Waals surface area contributed by atoms with Crippen molar-refractivity contribution in [3.05, 3.63) is 40.4 Å². The Hall–Kier alpha value is -2.74. The number of aromatic nitrogens is 2. The topological polar surface area (TPSA) is 111 Å². The normalized spacial score (nSPS) is 12.0. The lowest BCUT2D eigenvalue weighted by atomic mass is 10.2. The lowest BCUT2D eigenvalue weighted by Gasteiger charge is -2.14. The summed E-state index contributed by atoms with van der Waals surface area (Å²) >= 11 is 0. The van der Waals surface area contributed by atoms with Gasteiger partial charge in [0.05, 0.1) is 24.6 Å². The SMILES string of the molecule is COC(=O)[C@@H](CO)NC(=O)CCc1nc2ccccc2c(=O)n1C. The molecule has 0 aliphatic heterocycles. The quantitative estimate of drug-likeness (QED) is 0.691. The number of carbonyl (C=O) groups is 2. The van der Waals surface area contributed by atoms with Crippen molar-refractivity contribution in [2.24, 2.45) is 7.05 Å². The third-order valence-electron chi connectivity index (χ3n) is 3.65. The molecule has 0 aliphatic carbocycles. The summed E-state index contributed by atoms with van der Waals surface area (Å²) in [5.41, 5.74) is 0.387. The van der Waals surface area contributed by atoms with Crippen LogP contribution < -0.4 is 10.9 Å². The first-order chi connectivity index (χ1) is 11.5. The number of benzene rings is 1. The molecule has 0 fully saturated rings. The third kappa shape index (κ3) is 3.77. The van der Waals surface area contributed by atoms with Gasteiger partial charge in [0, 0.05) is 19.9 Å². The van der Waals surface area contributed by atoms with Gasteiger partial charge in [-0.05, 0) is 12.1 Å². The zero-order valence-electron chi connectivity index (χ0n) is 13.5. The number of esters is 1. The molecule has 0 aliphatic rings. The van der Waals surface area contributed by atoms with Crippen LogP contribution in [0.2, 0.25) is 0 Å². The number of para-hydroxylation sites is 1. The first-order valence-electron chi connectivity index (χ1n) is 7.40. The minimum atomic E-state index is -1.10. The molecular formula is C16H19N3O5. The molecule has 0 unspecified atom stereocenters. The number of amides is 1. The van der Waals surface area contributed by atoms with Crippen LogP contribution in [0.3, 0.4) is 0 Å². The van der Waals surface area contributed by atoms with Gasteiger partial charge in [-0.15, -0.1) is 0 Å². The average Bonchev–Trinajstić information content (AvgIpc) is 2.60. The van der Waals surface area contributed by atoms with E-state index in [-0.39, 0.29) is 18.4 Å². The molecule has 0 spiro atoms. The minimum absolute atomic E-state index is 0.0200. The largest absolute Gasteiger partial charge is 0.467 e. The van der Waals surface area contributed by atoms with E-state index in [9.17, 15) is 14.4 Å². The second kappa shape index (κ2) is 7.69. The maximum absolute atomic E-state index is 12.3. The Morgan fingerprint density at radius 1 is 1.38 bits per heavy atom. The Bertz CT molecular complexity index is 815. The van der Waals surface area contributed by atoms with E-state index in [2.05, 4.69) is 15.0 Å². The predicted octanol–water partition coefficient (Wildman–Crippen LogP) is -0.484. The Morgan fingerprint density at radius 2 is 2.08 bits per heavy atom. The van der Waals surface area contributed by atoms with E-state index in [4.69, 9.17) is 5.11 Å². The lowest BCUT2D eigenvalue weighted by Crippen LogP contribution is -2.44. The van der Waals surface area contributed by atoms with E-state index >= 15 is 0 Å². The van der Waals surface area contributed by atoms with Crippen LogP contribution in [0.25, 0.3) is 10.9 Å². The van der Waals surface area contributed by atoms with Crippen LogP contribution in [-0.4, -0.2) is 46.3 Å². The van der Waals surface area contributed by atoms with Crippen molar-refractivity contribution < 1.29 is 19.4 Å². The highest BCUT2D eigenvalue weighted by molar-refractivity contribution is 5.84. The molecule has 0 saturated heterocycles. The summed E-state index contributed by atoms with van der Waals surface area (Å²) in [5, 5.41) is 12.0. The Balaban J connectivity index is 2.10. The first-order valence-corrected chi connectivity index (χ1v) is 7.40. The summed E-state index contributed by atoms with van der Waals surface area (Å²) < 4.78 is 5.88. The summed E-state index contributed by atoms with van der Waals surface area (Å²) in [6, 6.07) is 5.88. The van der Waals surface area contributed by atoms with Crippen molar-refractivity contribution in [1.29, 1.82) is 0 Å². The Labute approximate surface area is 138 Å². The summed E-state index contributed by atoms with van der Waals surface area (Å²) in [5.74, 6) is -0.698. The number of hydrogen-bond acceptors (Lipinski definition) is 6. The molecule has 8 heteroatoms. The summed E-state index contributed by atoms with van der Waals surface area (Å²) in [7, 11) is 2.77. The van der Waals surface area contributed by atoms with Crippen molar-refractivity contribution in [2.75, 3.05) is 13.7 Å². The molecule has 2 aromatic rings. The highest BCUT2D eigenvalue weighted by Crippen LogP contribution is 2.08. The lowest BCUT2D eigenvalue weighted by molar-refractivity contribution is -0.146. The Morgan fingerprint density at radius 3 is 2.75 bits per heavy atom. The Kier molecular flexibility index (Phi) is 5.64. The first kappa shape index (κ1) is 17.6. The average molecular weight is 333 g/mol. The second-order valence-corrected chi connectivity index (χ2v) is 5.24. The van der Waals surface area contributed by atoms with Crippen LogP contribution in [0, 0.1) is 0 Å². The van der Waals surface area contributed by atoms with Crippen molar-refractivity contribution in [2.45, 2.75) is 18.9 Å². The second-order valence-electron chi connectivity index (χ2n) is 5.24. The summed E-state index contributed by atoms with van der Waals surface area (Å²) in [6.45, 7) is -0.550. The predicted molar refractivity (Wildman–Crippen MR) is 86.3 cm³/mol. The number of rotatable bonds is 6.